The first-order chi connectivity index (χ1) is 19.1. The van der Waals surface area contributed by atoms with E-state index in [1.54, 1.807) is 33.0 Å². The summed E-state index contributed by atoms with van der Waals surface area (Å²) in [6.45, 7) is 40.9. The third-order valence-corrected chi connectivity index (χ3v) is 28.7. The summed E-state index contributed by atoms with van der Waals surface area (Å²) in [4.78, 5) is 3.73. The largest absolute Gasteiger partial charge is 0 e. The molecule has 1 aliphatic heterocycles. The molecule has 1 atom stereocenters. The molecule has 4 saturated carbocycles. The second kappa shape index (κ2) is 19.9. The maximum absolute atomic E-state index is 7.50. The Hall–Kier alpha value is -0.238. The molecule has 41 heavy (non-hydrogen) atoms. The van der Waals surface area contributed by atoms with Crippen LogP contribution in [0.2, 0.25) is 39.3 Å². The van der Waals surface area contributed by atoms with Gasteiger partial charge in [-0.2, -0.15) is 0 Å². The van der Waals surface area contributed by atoms with Crippen LogP contribution >= 0.6 is 15.2 Å². The first kappa shape index (κ1) is 42.9. The predicted molar refractivity (Wildman–Crippen MR) is 161 cm³/mol. The predicted octanol–water partition coefficient (Wildman–Crippen LogP) is 8.21. The van der Waals surface area contributed by atoms with Gasteiger partial charge in [-0.1, -0.05) is 39.3 Å². The first-order valence-electron chi connectivity index (χ1n) is 13.8. The van der Waals surface area contributed by atoms with Gasteiger partial charge in [0.05, 0.1) is 16.1 Å². The number of piperidine rings is 1. The molecule has 5 aliphatic rings. The van der Waals surface area contributed by atoms with E-state index in [4.69, 9.17) is 28.0 Å². The molecule has 1 saturated heterocycles. The standard InChI is InChI=1S/C24H44N2P2Si2.5CO.W/c1-29(2,3)23(30(4,5)6)28-25-22(26-10-8-7-9-11-26)21(27-28)24-15-18-12-19(16-24)14-20(13-18)17-24;5*1-2;/h18-20,23H,7-17H2,1-6H3;;;;;;. The molecule has 12 heteroatoms. The van der Waals surface area contributed by atoms with Crippen LogP contribution in [0.25, 0.3) is 0 Å². The van der Waals surface area contributed by atoms with Crippen LogP contribution in [0.1, 0.15) is 68.0 Å². The summed E-state index contributed by atoms with van der Waals surface area (Å²) < 4.78 is 43.3. The second-order valence-electron chi connectivity index (χ2n) is 13.6. The molecule has 0 aromatic carbocycles. The van der Waals surface area contributed by atoms with Crippen molar-refractivity contribution in [1.82, 2.24) is 4.75 Å². The maximum atomic E-state index is 7.50. The number of aromatic nitrogens is 1. The molecular weight excluding hydrogens is 758 g/mol. The molecule has 1 aromatic heterocycles. The molecule has 1 unspecified atom stereocenters. The molecule has 4 bridgehead atoms. The molecule has 4 aliphatic carbocycles. The molecular formula is C29H44N2O5P2Si2W. The van der Waals surface area contributed by atoms with Crippen LogP contribution in [0, 0.1) is 51.0 Å². The summed E-state index contributed by atoms with van der Waals surface area (Å²) in [6.07, 6.45) is 13.4. The van der Waals surface area contributed by atoms with E-state index < -0.39 is 16.1 Å². The summed E-state index contributed by atoms with van der Waals surface area (Å²) in [5.74, 6) is 4.68. The number of anilines is 1. The molecule has 0 radical (unpaired) electrons. The molecule has 0 spiro atoms. The van der Waals surface area contributed by atoms with E-state index in [-0.39, 0.29) is 28.4 Å². The fourth-order valence-electron chi connectivity index (χ4n) is 8.48. The Bertz CT molecular complexity index is 937. The molecule has 0 N–H and O–H groups in total. The molecule has 2 heterocycles. The second-order valence-corrected chi connectivity index (χ2v) is 29.6. The monoisotopic (exact) mass is 802 g/mol. The minimum absolute atomic E-state index is 0. The average molecular weight is 803 g/mol. The van der Waals surface area contributed by atoms with Crippen LogP contribution in [-0.2, 0) is 49.7 Å². The van der Waals surface area contributed by atoms with Gasteiger partial charge in [0, 0.05) is 49.8 Å². The number of nitrogens with zero attached hydrogens (tertiary/aromatic N) is 2. The van der Waals surface area contributed by atoms with Gasteiger partial charge in [-0.15, -0.1) is 0 Å². The molecule has 0 amide bonds. The van der Waals surface area contributed by atoms with Gasteiger partial charge in [-0.05, 0) is 90.8 Å². The molecule has 224 valence electrons. The van der Waals surface area contributed by atoms with Crippen molar-refractivity contribution in [1.29, 1.82) is 0 Å². The molecule has 7 nitrogen and oxygen atoms in total. The van der Waals surface area contributed by atoms with Crippen molar-refractivity contribution >= 4 is 37.2 Å². The van der Waals surface area contributed by atoms with E-state index in [0.29, 0.717) is 5.41 Å². The average Bonchev–Trinajstić information content (AvgIpc) is 3.38. The summed E-state index contributed by atoms with van der Waals surface area (Å²) in [5, 5.41) is 1.89. The third kappa shape index (κ3) is 10.7. The van der Waals surface area contributed by atoms with Gasteiger partial charge < -0.3 is 4.90 Å². The first-order valence-corrected chi connectivity index (χ1v) is 23.9. The fourth-order valence-corrected chi connectivity index (χ4v) is 36.0. The van der Waals surface area contributed by atoms with E-state index >= 15 is 0 Å². The van der Waals surface area contributed by atoms with Crippen molar-refractivity contribution in [2.45, 2.75) is 107 Å². The minimum atomic E-state index is -1.24. The smallest absolute Gasteiger partial charge is 0 e. The Morgan fingerprint density at radius 2 is 1.10 bits per heavy atom. The maximum Gasteiger partial charge on any atom is 0 e. The van der Waals surface area contributed by atoms with E-state index in [1.807, 2.05) is 5.30 Å². The van der Waals surface area contributed by atoms with Gasteiger partial charge in [0.25, 0.3) is 0 Å². The number of hydrogen-bond acceptors (Lipinski definition) is 2. The topological polar surface area (TPSA) is 116 Å². The summed E-state index contributed by atoms with van der Waals surface area (Å²) in [6, 6.07) is 0. The Balaban J connectivity index is 0. The van der Waals surface area contributed by atoms with Gasteiger partial charge >= 0.3 is 56.5 Å². The molecule has 1 aromatic rings. The van der Waals surface area contributed by atoms with Crippen LogP contribution in [0.5, 0.6) is 0 Å². The van der Waals surface area contributed by atoms with Gasteiger partial charge in [0.1, 0.15) is 5.82 Å². The quantitative estimate of drug-likeness (QED) is 0.170. The Morgan fingerprint density at radius 3 is 1.44 bits per heavy atom. The Morgan fingerprint density at radius 1 is 0.732 bits per heavy atom. The van der Waals surface area contributed by atoms with Crippen LogP contribution < -0.4 is 4.90 Å². The molecule has 5 fully saturated rings. The van der Waals surface area contributed by atoms with Crippen LogP contribution in [0.4, 0.5) is 5.82 Å². The van der Waals surface area contributed by atoms with E-state index in [0.717, 1.165) is 22.7 Å². The van der Waals surface area contributed by atoms with E-state index in [9.17, 15) is 0 Å². The van der Waals surface area contributed by atoms with Gasteiger partial charge in [0.2, 0.25) is 0 Å². The van der Waals surface area contributed by atoms with Crippen molar-refractivity contribution in [2.24, 2.45) is 17.8 Å². The fraction of sp³-hybridized carbons (Fsp3) is 0.759. The Labute approximate surface area is 266 Å². The van der Waals surface area contributed by atoms with Crippen molar-refractivity contribution in [3.63, 3.8) is 0 Å². The zero-order valence-electron chi connectivity index (χ0n) is 25.3. The van der Waals surface area contributed by atoms with Crippen LogP contribution in [-0.4, -0.2) is 34.0 Å². The summed E-state index contributed by atoms with van der Waals surface area (Å²) >= 11 is 0. The summed E-state index contributed by atoms with van der Waals surface area (Å²) in [7, 11) is -0.994. The van der Waals surface area contributed by atoms with Crippen molar-refractivity contribution < 1.29 is 44.3 Å². The normalized spacial score (nSPS) is 25.9. The SMILES string of the molecule is C[Si](C)(C)C(p1nc(N2CCCCC2)c(C23CC4CC(CC(C4)C2)C3)p1)[Si](C)(C)C.[C-]#[O+].[C-]#[O+].[C-]#[O+].[C-]#[O+].[C-]#[O+].[W]. The van der Waals surface area contributed by atoms with E-state index in [1.165, 1.54) is 51.6 Å². The van der Waals surface area contributed by atoms with Crippen molar-refractivity contribution in [2.75, 3.05) is 18.0 Å². The minimum Gasteiger partial charge on any atom is 0 e. The summed E-state index contributed by atoms with van der Waals surface area (Å²) in [5.41, 5.74) is 0.549. The van der Waals surface area contributed by atoms with Gasteiger partial charge in [-0.3, -0.25) is 0 Å². The van der Waals surface area contributed by atoms with Crippen LogP contribution in [0.3, 0.4) is 0 Å². The number of rotatable bonds is 5. The van der Waals surface area contributed by atoms with Gasteiger partial charge in [0.15, 0.2) is 0 Å². The zero-order chi connectivity index (χ0) is 31.3. The van der Waals surface area contributed by atoms with Crippen LogP contribution in [0.15, 0.2) is 0 Å². The van der Waals surface area contributed by atoms with E-state index in [2.05, 4.69) is 77.4 Å². The number of hydrogen-bond donors (Lipinski definition) is 0. The third-order valence-electron chi connectivity index (χ3n) is 8.68. The van der Waals surface area contributed by atoms with Crippen molar-refractivity contribution in [3.8, 4) is 0 Å². The van der Waals surface area contributed by atoms with Gasteiger partial charge in [-0.25, -0.2) is 4.75 Å². The molecule has 6 rings (SSSR count). The Kier molecular flexibility index (Phi) is 20.8. The zero-order valence-corrected chi connectivity index (χ0v) is 32.0. The van der Waals surface area contributed by atoms with Crippen molar-refractivity contribution in [3.05, 3.63) is 38.5 Å².